The monoisotopic (exact) mass is 361 g/mol. The van der Waals surface area contributed by atoms with Gasteiger partial charge in [-0.2, -0.15) is 0 Å². The van der Waals surface area contributed by atoms with Crippen molar-refractivity contribution in [1.82, 2.24) is 10.3 Å². The van der Waals surface area contributed by atoms with E-state index in [0.29, 0.717) is 6.54 Å². The Morgan fingerprint density at radius 3 is 2.96 bits per heavy atom. The van der Waals surface area contributed by atoms with E-state index in [4.69, 9.17) is 4.99 Å². The number of para-hydroxylation sites is 1. The molecule has 27 heavy (non-hydrogen) atoms. The summed E-state index contributed by atoms with van der Waals surface area (Å²) in [6, 6.07) is 8.35. The lowest BCUT2D eigenvalue weighted by Gasteiger charge is -2.29. The van der Waals surface area contributed by atoms with Crippen LogP contribution in [0.25, 0.3) is 11.3 Å². The van der Waals surface area contributed by atoms with Crippen LogP contribution in [0.4, 0.5) is 11.4 Å². The molecule has 5 rings (SSSR count). The topological polar surface area (TPSA) is 81.3 Å². The second-order valence-electron chi connectivity index (χ2n) is 7.56. The van der Waals surface area contributed by atoms with Gasteiger partial charge in [0.05, 0.1) is 29.0 Å². The van der Waals surface area contributed by atoms with Crippen molar-refractivity contribution in [3.63, 3.8) is 0 Å². The summed E-state index contributed by atoms with van der Waals surface area (Å²) in [5.74, 6) is 1.18. The number of aromatic nitrogens is 1. The summed E-state index contributed by atoms with van der Waals surface area (Å²) in [5, 5.41) is 10.1. The molecule has 0 spiro atoms. The average molecular weight is 361 g/mol. The molecule has 3 aliphatic rings. The minimum atomic E-state index is -0.0000477. The highest BCUT2D eigenvalue weighted by Crippen LogP contribution is 2.39. The first-order valence-electron chi connectivity index (χ1n) is 9.52. The van der Waals surface area contributed by atoms with Crippen LogP contribution in [0.1, 0.15) is 42.2 Å². The molecular formula is C21H23N5O. The standard InChI is InChI=1S/C21H23N5O/c1-11-5-3-6-13-10-22-21(27)15-9-17(25-18(13)15)14-7-4-8-16-19(14)26-20(23-11)12(2)24-16/h3-5,7-9,11-13,24-25H,6,10H2,1-2H3,(H,22,27)(H,23,26)/b5-3-/t11-,12?,13?/m1/s1. The summed E-state index contributed by atoms with van der Waals surface area (Å²) in [4.78, 5) is 20.8. The molecule has 1 aromatic heterocycles. The molecule has 3 atom stereocenters. The Bertz CT molecular complexity index is 986. The van der Waals surface area contributed by atoms with Gasteiger partial charge in [0.1, 0.15) is 5.84 Å². The molecule has 6 heteroatoms. The van der Waals surface area contributed by atoms with Crippen LogP contribution in [0.15, 0.2) is 41.4 Å². The van der Waals surface area contributed by atoms with E-state index in [9.17, 15) is 4.79 Å². The molecule has 4 N–H and O–H groups in total. The zero-order chi connectivity index (χ0) is 18.5. The van der Waals surface area contributed by atoms with Gasteiger partial charge in [-0.05, 0) is 32.4 Å². The number of hydrogen-bond acceptors (Lipinski definition) is 4. The van der Waals surface area contributed by atoms with Crippen LogP contribution in [0.5, 0.6) is 0 Å². The van der Waals surface area contributed by atoms with Gasteiger partial charge in [0.25, 0.3) is 5.91 Å². The Morgan fingerprint density at radius 2 is 2.07 bits per heavy atom. The van der Waals surface area contributed by atoms with Gasteiger partial charge in [-0.15, -0.1) is 0 Å². The number of rotatable bonds is 0. The smallest absolute Gasteiger partial charge is 0.253 e. The van der Waals surface area contributed by atoms with Gasteiger partial charge in [-0.25, -0.2) is 0 Å². The molecule has 0 radical (unpaired) electrons. The number of anilines is 2. The minimum Gasteiger partial charge on any atom is -0.374 e. The lowest BCUT2D eigenvalue weighted by atomic mass is 9.94. The zero-order valence-corrected chi connectivity index (χ0v) is 15.5. The Morgan fingerprint density at radius 1 is 1.19 bits per heavy atom. The molecule has 0 saturated heterocycles. The largest absolute Gasteiger partial charge is 0.374 e. The molecule has 138 valence electrons. The number of hydrogen-bond donors (Lipinski definition) is 4. The maximum absolute atomic E-state index is 12.4. The van der Waals surface area contributed by atoms with Crippen LogP contribution in [0.2, 0.25) is 0 Å². The molecule has 1 amide bonds. The van der Waals surface area contributed by atoms with Gasteiger partial charge in [0.15, 0.2) is 0 Å². The van der Waals surface area contributed by atoms with E-state index in [1.165, 1.54) is 0 Å². The highest BCUT2D eigenvalue weighted by atomic mass is 16.1. The van der Waals surface area contributed by atoms with E-state index in [-0.39, 0.29) is 23.9 Å². The predicted molar refractivity (Wildman–Crippen MR) is 109 cm³/mol. The lowest BCUT2D eigenvalue weighted by Crippen LogP contribution is -2.37. The molecule has 2 unspecified atom stereocenters. The van der Waals surface area contributed by atoms with Crippen molar-refractivity contribution < 1.29 is 4.79 Å². The molecule has 2 aromatic rings. The van der Waals surface area contributed by atoms with Crippen molar-refractivity contribution in [2.45, 2.75) is 38.3 Å². The van der Waals surface area contributed by atoms with Gasteiger partial charge in [0, 0.05) is 29.4 Å². The van der Waals surface area contributed by atoms with Crippen LogP contribution in [0.3, 0.4) is 0 Å². The van der Waals surface area contributed by atoms with Crippen LogP contribution < -0.4 is 16.0 Å². The molecule has 4 bridgehead atoms. The Hall–Kier alpha value is -3.02. The van der Waals surface area contributed by atoms with Crippen LogP contribution >= 0.6 is 0 Å². The van der Waals surface area contributed by atoms with Gasteiger partial charge < -0.3 is 20.9 Å². The van der Waals surface area contributed by atoms with Crippen molar-refractivity contribution in [3.8, 4) is 11.3 Å². The van der Waals surface area contributed by atoms with E-state index in [1.54, 1.807) is 0 Å². The molecule has 0 aliphatic carbocycles. The van der Waals surface area contributed by atoms with E-state index in [2.05, 4.69) is 59.1 Å². The van der Waals surface area contributed by atoms with E-state index < -0.39 is 0 Å². The fourth-order valence-electron chi connectivity index (χ4n) is 4.16. The zero-order valence-electron chi connectivity index (χ0n) is 15.5. The maximum Gasteiger partial charge on any atom is 0.253 e. The minimum absolute atomic E-state index is 0.0000477. The summed E-state index contributed by atoms with van der Waals surface area (Å²) in [6.07, 6.45) is 5.19. The quantitative estimate of drug-likeness (QED) is 0.542. The number of fused-ring (bicyclic) bond motifs is 3. The molecule has 1 aromatic carbocycles. The van der Waals surface area contributed by atoms with Crippen LogP contribution in [0, 0.1) is 0 Å². The second kappa shape index (κ2) is 6.01. The van der Waals surface area contributed by atoms with Gasteiger partial charge >= 0.3 is 0 Å². The Labute approximate surface area is 158 Å². The van der Waals surface area contributed by atoms with Gasteiger partial charge in [-0.1, -0.05) is 24.3 Å². The Kier molecular flexibility index (Phi) is 3.60. The molecule has 0 fully saturated rings. The highest BCUT2D eigenvalue weighted by molar-refractivity contribution is 6.10. The average Bonchev–Trinajstić information content (AvgIpc) is 3.09. The van der Waals surface area contributed by atoms with Crippen molar-refractivity contribution in [2.75, 3.05) is 17.2 Å². The van der Waals surface area contributed by atoms with Crippen LogP contribution in [-0.4, -0.2) is 35.4 Å². The van der Waals surface area contributed by atoms with Gasteiger partial charge in [0.2, 0.25) is 0 Å². The number of carbonyl (C=O) groups excluding carboxylic acids is 1. The number of H-pyrrole nitrogens is 1. The summed E-state index contributed by atoms with van der Waals surface area (Å²) < 4.78 is 0. The van der Waals surface area contributed by atoms with Crippen molar-refractivity contribution >= 4 is 23.1 Å². The molecular weight excluding hydrogens is 338 g/mol. The van der Waals surface area contributed by atoms with Crippen LogP contribution in [-0.2, 0) is 0 Å². The van der Waals surface area contributed by atoms with Gasteiger partial charge in [-0.3, -0.25) is 9.79 Å². The fourth-order valence-corrected chi connectivity index (χ4v) is 4.16. The SMILES string of the molecule is CC1Nc2cccc3c2NC1=N[C@H](C)/C=C\CC1CNC(=O)c2cc-3[nH]c21. The van der Waals surface area contributed by atoms with E-state index in [1.807, 2.05) is 12.1 Å². The number of nitrogens with zero attached hydrogens (tertiary/aromatic N) is 1. The number of allylic oxidation sites excluding steroid dienone is 1. The van der Waals surface area contributed by atoms with Crippen molar-refractivity contribution in [2.24, 2.45) is 4.99 Å². The first-order chi connectivity index (χ1) is 13.1. The first kappa shape index (κ1) is 16.2. The Balaban J connectivity index is 1.73. The van der Waals surface area contributed by atoms with E-state index >= 15 is 0 Å². The maximum atomic E-state index is 12.4. The third kappa shape index (κ3) is 2.63. The predicted octanol–water partition coefficient (Wildman–Crippen LogP) is 3.48. The molecule has 3 aliphatic heterocycles. The second-order valence-corrected chi connectivity index (χ2v) is 7.56. The number of aliphatic imine (C=N–C) groups is 1. The summed E-state index contributed by atoms with van der Waals surface area (Å²) in [5.41, 5.74) is 5.83. The first-order valence-corrected chi connectivity index (χ1v) is 9.52. The fraction of sp³-hybridized carbons (Fsp3) is 0.333. The van der Waals surface area contributed by atoms with Crippen molar-refractivity contribution in [3.05, 3.63) is 47.7 Å². The molecule has 6 nitrogen and oxygen atoms in total. The third-order valence-electron chi connectivity index (χ3n) is 5.58. The summed E-state index contributed by atoms with van der Waals surface area (Å²) in [6.45, 7) is 4.86. The third-order valence-corrected chi connectivity index (χ3v) is 5.58. The summed E-state index contributed by atoms with van der Waals surface area (Å²) in [7, 11) is 0. The number of aromatic amines is 1. The number of nitrogens with one attached hydrogen (secondary N) is 4. The molecule has 4 heterocycles. The number of benzene rings is 1. The lowest BCUT2D eigenvalue weighted by molar-refractivity contribution is 0.0940. The number of amides is 1. The highest BCUT2D eigenvalue weighted by Gasteiger charge is 2.29. The number of amidine groups is 1. The molecule has 0 saturated carbocycles. The normalized spacial score (nSPS) is 27.0. The van der Waals surface area contributed by atoms with E-state index in [0.717, 1.165) is 46.1 Å². The number of carbonyl (C=O) groups is 1. The summed E-state index contributed by atoms with van der Waals surface area (Å²) >= 11 is 0. The van der Waals surface area contributed by atoms with Crippen molar-refractivity contribution in [1.29, 1.82) is 0 Å².